The summed E-state index contributed by atoms with van der Waals surface area (Å²) in [5.74, 6) is 0. The zero-order valence-corrected chi connectivity index (χ0v) is 12.1. The van der Waals surface area contributed by atoms with E-state index in [1.165, 1.54) is 0 Å². The molecule has 4 nitrogen and oxygen atoms in total. The van der Waals surface area contributed by atoms with Gasteiger partial charge < -0.3 is 5.32 Å². The molecule has 2 N–H and O–H groups in total. The predicted octanol–water partition coefficient (Wildman–Crippen LogP) is 2.12. The molecule has 0 saturated heterocycles. The molecule has 1 aliphatic rings. The fourth-order valence-electron chi connectivity index (χ4n) is 2.16. The van der Waals surface area contributed by atoms with E-state index in [4.69, 9.17) is 0 Å². The van der Waals surface area contributed by atoms with Crippen LogP contribution in [0.1, 0.15) is 33.3 Å². The molecule has 2 rings (SSSR count). The third kappa shape index (κ3) is 2.84. The summed E-state index contributed by atoms with van der Waals surface area (Å²) in [6, 6.07) is 5.63. The van der Waals surface area contributed by atoms with Crippen LogP contribution in [-0.4, -0.2) is 20.0 Å². The van der Waals surface area contributed by atoms with Crippen molar-refractivity contribution in [1.29, 1.82) is 0 Å². The first-order chi connectivity index (χ1) is 8.17. The highest BCUT2D eigenvalue weighted by Gasteiger charge is 2.24. The van der Waals surface area contributed by atoms with Crippen molar-refractivity contribution >= 4 is 15.7 Å². The number of benzene rings is 1. The summed E-state index contributed by atoms with van der Waals surface area (Å²) < 4.78 is 27.1. The van der Waals surface area contributed by atoms with Crippen LogP contribution in [0.2, 0.25) is 0 Å². The SMILES string of the molecule is C[C@@H]1Cc2cc(S(=O)(=O)NC(C)(C)C)ccc2N1. The number of anilines is 1. The Hall–Kier alpha value is -1.07. The van der Waals surface area contributed by atoms with Gasteiger partial charge in [-0.05, 0) is 57.9 Å². The standard InChI is InChI=1S/C13H20N2O2S/c1-9-7-10-8-11(5-6-12(10)14-9)18(16,17)15-13(2,3)4/h5-6,8-9,14-15H,7H2,1-4H3/t9-/m1/s1. The fourth-order valence-corrected chi connectivity index (χ4v) is 3.62. The number of fused-ring (bicyclic) bond motifs is 1. The van der Waals surface area contributed by atoms with E-state index in [9.17, 15) is 8.42 Å². The van der Waals surface area contributed by atoms with Gasteiger partial charge >= 0.3 is 0 Å². The van der Waals surface area contributed by atoms with Crippen LogP contribution in [0.25, 0.3) is 0 Å². The lowest BCUT2D eigenvalue weighted by molar-refractivity contribution is 0.491. The first-order valence-electron chi connectivity index (χ1n) is 6.11. The van der Waals surface area contributed by atoms with Gasteiger partial charge in [0, 0.05) is 17.3 Å². The molecule has 0 bridgehead atoms. The monoisotopic (exact) mass is 268 g/mol. The van der Waals surface area contributed by atoms with Crippen LogP contribution in [0.4, 0.5) is 5.69 Å². The Morgan fingerprint density at radius 1 is 1.33 bits per heavy atom. The van der Waals surface area contributed by atoms with Gasteiger partial charge in [0.15, 0.2) is 0 Å². The highest BCUT2D eigenvalue weighted by molar-refractivity contribution is 7.89. The second-order valence-electron chi connectivity index (χ2n) is 5.92. The van der Waals surface area contributed by atoms with E-state index in [1.54, 1.807) is 12.1 Å². The second kappa shape index (κ2) is 4.24. The van der Waals surface area contributed by atoms with Crippen molar-refractivity contribution in [3.8, 4) is 0 Å². The van der Waals surface area contributed by atoms with E-state index >= 15 is 0 Å². The molecule has 100 valence electrons. The van der Waals surface area contributed by atoms with Crippen LogP contribution < -0.4 is 10.0 Å². The molecule has 0 saturated carbocycles. The molecule has 0 spiro atoms. The number of hydrogen-bond acceptors (Lipinski definition) is 3. The van der Waals surface area contributed by atoms with Gasteiger partial charge in [-0.2, -0.15) is 0 Å². The maximum atomic E-state index is 12.2. The van der Waals surface area contributed by atoms with Crippen LogP contribution in [0.3, 0.4) is 0 Å². The average Bonchev–Trinajstić information content (AvgIpc) is 2.52. The minimum absolute atomic E-state index is 0.340. The van der Waals surface area contributed by atoms with Gasteiger partial charge in [-0.15, -0.1) is 0 Å². The number of hydrogen-bond donors (Lipinski definition) is 2. The molecular formula is C13H20N2O2S. The predicted molar refractivity (Wildman–Crippen MR) is 73.3 cm³/mol. The normalized spacial score (nSPS) is 19.4. The van der Waals surface area contributed by atoms with Crippen LogP contribution in [-0.2, 0) is 16.4 Å². The molecule has 0 radical (unpaired) electrons. The zero-order valence-electron chi connectivity index (χ0n) is 11.2. The van der Waals surface area contributed by atoms with Crippen molar-refractivity contribution in [2.24, 2.45) is 0 Å². The summed E-state index contributed by atoms with van der Waals surface area (Å²) in [5.41, 5.74) is 1.64. The molecule has 0 aromatic heterocycles. The van der Waals surface area contributed by atoms with Crippen molar-refractivity contribution in [2.45, 2.75) is 50.6 Å². The Kier molecular flexibility index (Phi) is 3.15. The van der Waals surface area contributed by atoms with Crippen LogP contribution in [0, 0.1) is 0 Å². The van der Waals surface area contributed by atoms with Gasteiger partial charge in [0.25, 0.3) is 0 Å². The molecule has 1 atom stereocenters. The van der Waals surface area contributed by atoms with Crippen LogP contribution >= 0.6 is 0 Å². The summed E-state index contributed by atoms with van der Waals surface area (Å²) in [6.07, 6.45) is 0.869. The second-order valence-corrected chi connectivity index (χ2v) is 7.61. The van der Waals surface area contributed by atoms with E-state index in [0.29, 0.717) is 10.9 Å². The van der Waals surface area contributed by atoms with E-state index < -0.39 is 15.6 Å². The third-order valence-electron chi connectivity index (χ3n) is 2.76. The lowest BCUT2D eigenvalue weighted by Crippen LogP contribution is -2.40. The van der Waals surface area contributed by atoms with Gasteiger partial charge in [0.2, 0.25) is 10.0 Å². The first kappa shape index (κ1) is 13.4. The molecule has 1 aliphatic heterocycles. The maximum Gasteiger partial charge on any atom is 0.241 e. The van der Waals surface area contributed by atoms with Crippen molar-refractivity contribution < 1.29 is 8.42 Å². The van der Waals surface area contributed by atoms with Gasteiger partial charge in [0.1, 0.15) is 0 Å². The molecule has 0 aliphatic carbocycles. The van der Waals surface area contributed by atoms with Crippen LogP contribution in [0.15, 0.2) is 23.1 Å². The average molecular weight is 268 g/mol. The Labute approximate surface area is 109 Å². The fraction of sp³-hybridized carbons (Fsp3) is 0.538. The molecule has 0 unspecified atom stereocenters. The minimum Gasteiger partial charge on any atom is -0.382 e. The number of nitrogens with one attached hydrogen (secondary N) is 2. The highest BCUT2D eigenvalue weighted by Crippen LogP contribution is 2.28. The maximum absolute atomic E-state index is 12.2. The quantitative estimate of drug-likeness (QED) is 0.864. The lowest BCUT2D eigenvalue weighted by Gasteiger charge is -2.20. The van der Waals surface area contributed by atoms with E-state index in [0.717, 1.165) is 17.7 Å². The van der Waals surface area contributed by atoms with Crippen molar-refractivity contribution in [2.75, 3.05) is 5.32 Å². The molecule has 0 fully saturated rings. The lowest BCUT2D eigenvalue weighted by atomic mass is 10.1. The van der Waals surface area contributed by atoms with Crippen LogP contribution in [0.5, 0.6) is 0 Å². The van der Waals surface area contributed by atoms with E-state index in [1.807, 2.05) is 26.8 Å². The van der Waals surface area contributed by atoms with E-state index in [-0.39, 0.29) is 0 Å². The summed E-state index contributed by atoms with van der Waals surface area (Å²) in [7, 11) is -3.43. The minimum atomic E-state index is -3.43. The largest absolute Gasteiger partial charge is 0.382 e. The molecule has 1 heterocycles. The zero-order chi connectivity index (χ0) is 13.6. The molecule has 1 aromatic rings. The van der Waals surface area contributed by atoms with Crippen molar-refractivity contribution in [1.82, 2.24) is 4.72 Å². The van der Waals surface area contributed by atoms with Crippen molar-refractivity contribution in [3.05, 3.63) is 23.8 Å². The third-order valence-corrected chi connectivity index (χ3v) is 4.51. The Balaban J connectivity index is 2.33. The molecule has 5 heteroatoms. The molecule has 1 aromatic carbocycles. The van der Waals surface area contributed by atoms with Gasteiger partial charge in [-0.1, -0.05) is 0 Å². The topological polar surface area (TPSA) is 58.2 Å². The van der Waals surface area contributed by atoms with Gasteiger partial charge in [-0.3, -0.25) is 0 Å². The molecule has 0 amide bonds. The number of rotatable bonds is 2. The summed E-state index contributed by atoms with van der Waals surface area (Å²) >= 11 is 0. The summed E-state index contributed by atoms with van der Waals surface area (Å²) in [6.45, 7) is 7.59. The van der Waals surface area contributed by atoms with Crippen molar-refractivity contribution in [3.63, 3.8) is 0 Å². The first-order valence-corrected chi connectivity index (χ1v) is 7.59. The summed E-state index contributed by atoms with van der Waals surface area (Å²) in [5, 5.41) is 3.31. The summed E-state index contributed by atoms with van der Waals surface area (Å²) in [4.78, 5) is 0.340. The Morgan fingerprint density at radius 3 is 2.61 bits per heavy atom. The smallest absolute Gasteiger partial charge is 0.241 e. The molecule has 18 heavy (non-hydrogen) atoms. The highest BCUT2D eigenvalue weighted by atomic mass is 32.2. The van der Waals surface area contributed by atoms with Gasteiger partial charge in [-0.25, -0.2) is 13.1 Å². The number of sulfonamides is 1. The Bertz CT molecular complexity index is 559. The Morgan fingerprint density at radius 2 is 2.00 bits per heavy atom. The molecular weight excluding hydrogens is 248 g/mol. The van der Waals surface area contributed by atoms with Gasteiger partial charge in [0.05, 0.1) is 4.90 Å². The van der Waals surface area contributed by atoms with E-state index in [2.05, 4.69) is 17.0 Å².